The van der Waals surface area contributed by atoms with Crippen molar-refractivity contribution in [2.45, 2.75) is 37.8 Å². The summed E-state index contributed by atoms with van der Waals surface area (Å²) in [7, 11) is 2.20. The summed E-state index contributed by atoms with van der Waals surface area (Å²) in [5.74, 6) is 2.18. The summed E-state index contributed by atoms with van der Waals surface area (Å²) in [5, 5.41) is 10.0. The van der Waals surface area contributed by atoms with E-state index in [1.807, 2.05) is 30.3 Å². The average molecular weight is 275 g/mol. The summed E-state index contributed by atoms with van der Waals surface area (Å²) < 4.78 is 5.73. The number of fused-ring (bicyclic) bond motifs is 2. The van der Waals surface area contributed by atoms with Gasteiger partial charge < -0.3 is 14.7 Å². The highest BCUT2D eigenvalue weighted by molar-refractivity contribution is 5.20. The summed E-state index contributed by atoms with van der Waals surface area (Å²) in [6.45, 7) is 1.82. The van der Waals surface area contributed by atoms with Crippen LogP contribution in [0.3, 0.4) is 0 Å². The molecule has 0 saturated heterocycles. The maximum atomic E-state index is 10.0. The molecule has 0 spiro atoms. The fourth-order valence-electron chi connectivity index (χ4n) is 4.12. The van der Waals surface area contributed by atoms with Gasteiger partial charge in [0.05, 0.1) is 12.7 Å². The van der Waals surface area contributed by atoms with Crippen LogP contribution in [0.25, 0.3) is 0 Å². The van der Waals surface area contributed by atoms with Gasteiger partial charge in [-0.3, -0.25) is 0 Å². The van der Waals surface area contributed by atoms with Crippen molar-refractivity contribution in [2.75, 3.05) is 20.2 Å². The molecule has 0 heterocycles. The van der Waals surface area contributed by atoms with Gasteiger partial charge in [0, 0.05) is 18.5 Å². The van der Waals surface area contributed by atoms with Gasteiger partial charge in [0.25, 0.3) is 0 Å². The van der Waals surface area contributed by atoms with Gasteiger partial charge in [-0.15, -0.1) is 0 Å². The molecule has 3 heteroatoms. The van der Waals surface area contributed by atoms with Crippen LogP contribution in [0, 0.1) is 11.8 Å². The second-order valence-corrected chi connectivity index (χ2v) is 6.29. The van der Waals surface area contributed by atoms with Crippen LogP contribution < -0.4 is 4.74 Å². The minimum Gasteiger partial charge on any atom is -0.494 e. The first-order valence-electron chi connectivity index (χ1n) is 7.82. The summed E-state index contributed by atoms with van der Waals surface area (Å²) in [4.78, 5) is 2.45. The van der Waals surface area contributed by atoms with E-state index in [1.54, 1.807) is 0 Å². The molecule has 2 fully saturated rings. The molecule has 1 aromatic rings. The van der Waals surface area contributed by atoms with Crippen LogP contribution in [0.15, 0.2) is 30.3 Å². The van der Waals surface area contributed by atoms with E-state index in [1.165, 1.54) is 12.8 Å². The molecule has 1 aromatic carbocycles. The van der Waals surface area contributed by atoms with Crippen LogP contribution in [0.1, 0.15) is 25.7 Å². The highest BCUT2D eigenvalue weighted by Gasteiger charge is 2.48. The number of rotatable bonds is 6. The number of para-hydroxylation sites is 1. The molecule has 2 aliphatic rings. The van der Waals surface area contributed by atoms with E-state index in [4.69, 9.17) is 4.74 Å². The molecule has 0 aliphatic heterocycles. The van der Waals surface area contributed by atoms with E-state index in [0.29, 0.717) is 12.0 Å². The van der Waals surface area contributed by atoms with Gasteiger partial charge in [-0.25, -0.2) is 0 Å². The first-order chi connectivity index (χ1) is 9.75. The van der Waals surface area contributed by atoms with E-state index >= 15 is 0 Å². The van der Waals surface area contributed by atoms with Gasteiger partial charge in [-0.1, -0.05) is 18.2 Å². The quantitative estimate of drug-likeness (QED) is 0.810. The number of nitrogens with zero attached hydrogens (tertiary/aromatic N) is 1. The molecule has 0 amide bonds. The molecule has 2 bridgehead atoms. The van der Waals surface area contributed by atoms with E-state index in [9.17, 15) is 5.11 Å². The molecule has 3 nitrogen and oxygen atoms in total. The monoisotopic (exact) mass is 275 g/mol. The number of hydrogen-bond acceptors (Lipinski definition) is 3. The number of aliphatic hydroxyl groups is 1. The maximum Gasteiger partial charge on any atom is 0.119 e. The molecule has 1 N–H and O–H groups in total. The minimum atomic E-state index is -0.0539. The predicted molar refractivity (Wildman–Crippen MR) is 79.8 cm³/mol. The molecule has 2 aliphatic carbocycles. The molecule has 20 heavy (non-hydrogen) atoms. The average Bonchev–Trinajstić information content (AvgIpc) is 3.01. The molecule has 4 atom stereocenters. The standard InChI is InChI=1S/C17H25NO2/c1-18(17-13-8-9-15(17)16(19)12-13)10-5-11-20-14-6-3-2-4-7-14/h2-4,6-7,13,15-17,19H,5,8-12H2,1H3/t13-,15+,16+,17?/m0/s1. The Balaban J connectivity index is 1.41. The van der Waals surface area contributed by atoms with Crippen LogP contribution in [0.2, 0.25) is 0 Å². The van der Waals surface area contributed by atoms with Crippen molar-refractivity contribution in [1.29, 1.82) is 0 Å². The third-order valence-electron chi connectivity index (χ3n) is 5.01. The third-order valence-corrected chi connectivity index (χ3v) is 5.01. The molecule has 2 saturated carbocycles. The van der Waals surface area contributed by atoms with Crippen molar-refractivity contribution >= 4 is 0 Å². The van der Waals surface area contributed by atoms with Gasteiger partial charge in [0.1, 0.15) is 5.75 Å². The van der Waals surface area contributed by atoms with Gasteiger partial charge >= 0.3 is 0 Å². The fourth-order valence-corrected chi connectivity index (χ4v) is 4.12. The van der Waals surface area contributed by atoms with Crippen LogP contribution in [-0.4, -0.2) is 42.4 Å². The summed E-state index contributed by atoms with van der Waals surface area (Å²) in [6.07, 6.45) is 4.51. The van der Waals surface area contributed by atoms with Crippen molar-refractivity contribution in [3.63, 3.8) is 0 Å². The molecule has 0 aromatic heterocycles. The third kappa shape index (κ3) is 2.84. The molecule has 3 rings (SSSR count). The maximum absolute atomic E-state index is 10.0. The smallest absolute Gasteiger partial charge is 0.119 e. The predicted octanol–water partition coefficient (Wildman–Crippen LogP) is 2.55. The van der Waals surface area contributed by atoms with Gasteiger partial charge in [-0.2, -0.15) is 0 Å². The van der Waals surface area contributed by atoms with Gasteiger partial charge in [0.15, 0.2) is 0 Å². The Bertz CT molecular complexity index is 422. The van der Waals surface area contributed by atoms with Crippen molar-refractivity contribution in [3.8, 4) is 5.75 Å². The van der Waals surface area contributed by atoms with E-state index in [2.05, 4.69) is 11.9 Å². The normalized spacial score (nSPS) is 31.9. The molecule has 1 unspecified atom stereocenters. The van der Waals surface area contributed by atoms with Crippen molar-refractivity contribution in [3.05, 3.63) is 30.3 Å². The van der Waals surface area contributed by atoms with E-state index in [0.717, 1.165) is 37.7 Å². The van der Waals surface area contributed by atoms with Crippen molar-refractivity contribution in [2.24, 2.45) is 11.8 Å². The number of hydrogen-bond donors (Lipinski definition) is 1. The highest BCUT2D eigenvalue weighted by Crippen LogP contribution is 2.46. The second kappa shape index (κ2) is 6.15. The van der Waals surface area contributed by atoms with Crippen LogP contribution in [0.5, 0.6) is 5.75 Å². The lowest BCUT2D eigenvalue weighted by atomic mass is 9.98. The summed E-state index contributed by atoms with van der Waals surface area (Å²) in [6, 6.07) is 10.6. The minimum absolute atomic E-state index is 0.0539. The molecular formula is C17H25NO2. The van der Waals surface area contributed by atoms with Gasteiger partial charge in [-0.05, 0) is 50.8 Å². The SMILES string of the molecule is CN(CCCOc1ccccc1)C1[C@H]2CC[C@@H]1[C@H](O)C2. The Hall–Kier alpha value is -1.06. The Morgan fingerprint density at radius 1 is 1.25 bits per heavy atom. The molecule has 0 radical (unpaired) electrons. The fraction of sp³-hybridized carbons (Fsp3) is 0.647. The molecular weight excluding hydrogens is 250 g/mol. The Morgan fingerprint density at radius 3 is 2.70 bits per heavy atom. The Morgan fingerprint density at radius 2 is 2.05 bits per heavy atom. The molecule has 110 valence electrons. The first kappa shape index (κ1) is 13.9. The summed E-state index contributed by atoms with van der Waals surface area (Å²) >= 11 is 0. The van der Waals surface area contributed by atoms with E-state index in [-0.39, 0.29) is 6.10 Å². The topological polar surface area (TPSA) is 32.7 Å². The van der Waals surface area contributed by atoms with Crippen LogP contribution in [0.4, 0.5) is 0 Å². The van der Waals surface area contributed by atoms with E-state index < -0.39 is 0 Å². The van der Waals surface area contributed by atoms with Crippen molar-refractivity contribution < 1.29 is 9.84 Å². The van der Waals surface area contributed by atoms with Crippen LogP contribution >= 0.6 is 0 Å². The number of aliphatic hydroxyl groups excluding tert-OH is 1. The van der Waals surface area contributed by atoms with Gasteiger partial charge in [0.2, 0.25) is 0 Å². The lowest BCUT2D eigenvalue weighted by molar-refractivity contribution is 0.0947. The zero-order chi connectivity index (χ0) is 13.9. The first-order valence-corrected chi connectivity index (χ1v) is 7.82. The lowest BCUT2D eigenvalue weighted by Gasteiger charge is -2.28. The number of benzene rings is 1. The number of ether oxygens (including phenoxy) is 1. The van der Waals surface area contributed by atoms with Crippen molar-refractivity contribution in [1.82, 2.24) is 4.90 Å². The summed E-state index contributed by atoms with van der Waals surface area (Å²) in [5.41, 5.74) is 0. The second-order valence-electron chi connectivity index (χ2n) is 6.29. The highest BCUT2D eigenvalue weighted by atomic mass is 16.5. The zero-order valence-electron chi connectivity index (χ0n) is 12.2. The largest absolute Gasteiger partial charge is 0.494 e. The zero-order valence-corrected chi connectivity index (χ0v) is 12.2. The van der Waals surface area contributed by atoms with Crippen LogP contribution in [-0.2, 0) is 0 Å². The lowest BCUT2D eigenvalue weighted by Crippen LogP contribution is -2.37. The Kier molecular flexibility index (Phi) is 4.27. The Labute approximate surface area is 121 Å².